The predicted molar refractivity (Wildman–Crippen MR) is 72.6 cm³/mol. The van der Waals surface area contributed by atoms with Crippen LogP contribution in [-0.2, 0) is 6.54 Å². The van der Waals surface area contributed by atoms with Gasteiger partial charge in [0.2, 0.25) is 0 Å². The number of halogens is 1. The lowest BCUT2D eigenvalue weighted by molar-refractivity contribution is -0.397. The Morgan fingerprint density at radius 1 is 1.45 bits per heavy atom. The van der Waals surface area contributed by atoms with Crippen molar-refractivity contribution in [3.63, 3.8) is 0 Å². The Hall–Kier alpha value is -1.26. The highest BCUT2D eigenvalue weighted by Crippen LogP contribution is 2.12. The van der Waals surface area contributed by atoms with Crippen molar-refractivity contribution in [2.24, 2.45) is 0 Å². The SMILES string of the molecule is Cc1cn(CC(O)N(CCO)CCO)c([N+](=O)[O-])n1.Cl. The van der Waals surface area contributed by atoms with Gasteiger partial charge in [-0.15, -0.1) is 12.4 Å². The van der Waals surface area contributed by atoms with Gasteiger partial charge < -0.3 is 25.4 Å². The van der Waals surface area contributed by atoms with Crippen molar-refractivity contribution in [1.29, 1.82) is 0 Å². The molecule has 0 saturated heterocycles. The predicted octanol–water partition coefficient (Wildman–Crippen LogP) is -0.873. The minimum atomic E-state index is -1.05. The van der Waals surface area contributed by atoms with E-state index in [9.17, 15) is 15.2 Å². The van der Waals surface area contributed by atoms with Gasteiger partial charge in [-0.25, -0.2) is 4.57 Å². The van der Waals surface area contributed by atoms with E-state index in [4.69, 9.17) is 10.2 Å². The highest BCUT2D eigenvalue weighted by atomic mass is 35.5. The van der Waals surface area contributed by atoms with Gasteiger partial charge in [0.05, 0.1) is 13.2 Å². The van der Waals surface area contributed by atoms with Gasteiger partial charge in [-0.3, -0.25) is 4.90 Å². The Bertz CT molecular complexity index is 422. The molecule has 10 heteroatoms. The summed E-state index contributed by atoms with van der Waals surface area (Å²) in [6.45, 7) is 1.54. The van der Waals surface area contributed by atoms with E-state index in [2.05, 4.69) is 4.98 Å². The molecule has 20 heavy (non-hydrogen) atoms. The van der Waals surface area contributed by atoms with Crippen LogP contribution < -0.4 is 0 Å². The molecular weight excluding hydrogens is 292 g/mol. The molecule has 0 bridgehead atoms. The Balaban J connectivity index is 0.00000361. The molecule has 0 aliphatic carbocycles. The largest absolute Gasteiger partial charge is 0.434 e. The summed E-state index contributed by atoms with van der Waals surface area (Å²) in [6, 6.07) is 0. The van der Waals surface area contributed by atoms with Crippen LogP contribution in [0, 0.1) is 17.0 Å². The standard InChI is InChI=1S/C10H18N4O5.ClH/c1-8-6-13(10(11-8)14(18)19)7-9(17)12(2-4-15)3-5-16;/h6,9,15-17H,2-5,7H2,1H3;1H. The minimum Gasteiger partial charge on any atom is -0.395 e. The fraction of sp³-hybridized carbons (Fsp3) is 0.700. The van der Waals surface area contributed by atoms with E-state index in [-0.39, 0.29) is 51.2 Å². The lowest BCUT2D eigenvalue weighted by Gasteiger charge is -2.25. The van der Waals surface area contributed by atoms with Crippen molar-refractivity contribution in [1.82, 2.24) is 14.5 Å². The van der Waals surface area contributed by atoms with Gasteiger partial charge in [0.15, 0.2) is 0 Å². The molecule has 0 aliphatic heterocycles. The summed E-state index contributed by atoms with van der Waals surface area (Å²) >= 11 is 0. The normalized spacial score (nSPS) is 12.2. The fourth-order valence-electron chi connectivity index (χ4n) is 1.77. The Morgan fingerprint density at radius 3 is 2.45 bits per heavy atom. The number of imidazole rings is 1. The summed E-state index contributed by atoms with van der Waals surface area (Å²) in [5.41, 5.74) is 0.481. The van der Waals surface area contributed by atoms with Gasteiger partial charge in [0.25, 0.3) is 0 Å². The number of nitrogens with zero attached hydrogens (tertiary/aromatic N) is 4. The number of aliphatic hydroxyl groups excluding tert-OH is 3. The summed E-state index contributed by atoms with van der Waals surface area (Å²) in [5, 5.41) is 38.5. The Kier molecular flexibility index (Phi) is 8.26. The molecule has 1 atom stereocenters. The van der Waals surface area contributed by atoms with Gasteiger partial charge in [0, 0.05) is 13.1 Å². The molecule has 1 unspecified atom stereocenters. The van der Waals surface area contributed by atoms with Crippen LogP contribution in [-0.4, -0.2) is 67.2 Å². The highest BCUT2D eigenvalue weighted by molar-refractivity contribution is 5.85. The topological polar surface area (TPSA) is 125 Å². The number of hydrogen-bond acceptors (Lipinski definition) is 7. The molecule has 0 fully saturated rings. The maximum Gasteiger partial charge on any atom is 0.434 e. The molecule has 3 N–H and O–H groups in total. The van der Waals surface area contributed by atoms with E-state index in [1.54, 1.807) is 6.92 Å². The first-order chi connectivity index (χ1) is 8.99. The van der Waals surface area contributed by atoms with Gasteiger partial charge in [-0.2, -0.15) is 0 Å². The maximum absolute atomic E-state index is 10.8. The summed E-state index contributed by atoms with van der Waals surface area (Å²) in [6.07, 6.45) is 0.420. The van der Waals surface area contributed by atoms with E-state index in [1.165, 1.54) is 15.7 Å². The van der Waals surface area contributed by atoms with E-state index >= 15 is 0 Å². The number of nitro groups is 1. The zero-order chi connectivity index (χ0) is 14.4. The molecule has 0 amide bonds. The summed E-state index contributed by atoms with van der Waals surface area (Å²) < 4.78 is 1.24. The van der Waals surface area contributed by atoms with E-state index in [0.29, 0.717) is 5.69 Å². The number of aryl methyl sites for hydroxylation is 1. The third-order valence-corrected chi connectivity index (χ3v) is 2.60. The summed E-state index contributed by atoms with van der Waals surface area (Å²) in [5.74, 6) is -0.343. The average Bonchev–Trinajstić information content (AvgIpc) is 2.70. The third-order valence-electron chi connectivity index (χ3n) is 2.60. The van der Waals surface area contributed by atoms with Gasteiger partial charge in [0.1, 0.15) is 24.7 Å². The molecule has 1 heterocycles. The second-order valence-electron chi connectivity index (χ2n) is 4.06. The van der Waals surface area contributed by atoms with E-state index in [0.717, 1.165) is 0 Å². The second kappa shape index (κ2) is 8.82. The van der Waals surface area contributed by atoms with Crippen LogP contribution in [0.15, 0.2) is 6.20 Å². The van der Waals surface area contributed by atoms with Crippen molar-refractivity contribution < 1.29 is 20.2 Å². The monoisotopic (exact) mass is 310 g/mol. The molecular formula is C10H19ClN4O5. The lowest BCUT2D eigenvalue weighted by Crippen LogP contribution is -2.41. The molecule has 1 rings (SSSR count). The molecule has 116 valence electrons. The minimum absolute atomic E-state index is 0. The van der Waals surface area contributed by atoms with E-state index < -0.39 is 11.2 Å². The molecule has 0 spiro atoms. The fourth-order valence-corrected chi connectivity index (χ4v) is 1.77. The first kappa shape index (κ1) is 18.7. The lowest BCUT2D eigenvalue weighted by atomic mass is 10.4. The van der Waals surface area contributed by atoms with Crippen LogP contribution in [0.25, 0.3) is 0 Å². The Labute approximate surface area is 122 Å². The summed E-state index contributed by atoms with van der Waals surface area (Å²) in [7, 11) is 0. The maximum atomic E-state index is 10.8. The van der Waals surface area contributed by atoms with Crippen molar-refractivity contribution in [3.8, 4) is 0 Å². The highest BCUT2D eigenvalue weighted by Gasteiger charge is 2.23. The van der Waals surface area contributed by atoms with Crippen LogP contribution in [0.5, 0.6) is 0 Å². The van der Waals surface area contributed by atoms with Crippen LogP contribution in [0.3, 0.4) is 0 Å². The molecule has 0 radical (unpaired) electrons. The van der Waals surface area contributed by atoms with Crippen molar-refractivity contribution in [2.45, 2.75) is 19.7 Å². The zero-order valence-corrected chi connectivity index (χ0v) is 11.9. The number of aromatic nitrogens is 2. The zero-order valence-electron chi connectivity index (χ0n) is 11.0. The molecule has 0 aliphatic rings. The van der Waals surface area contributed by atoms with Gasteiger partial charge in [-0.1, -0.05) is 4.98 Å². The first-order valence-electron chi connectivity index (χ1n) is 5.81. The molecule has 1 aromatic heterocycles. The molecule has 0 saturated carbocycles. The number of hydrogen-bond donors (Lipinski definition) is 3. The van der Waals surface area contributed by atoms with Gasteiger partial charge in [-0.05, 0) is 11.8 Å². The van der Waals surface area contributed by atoms with Gasteiger partial charge >= 0.3 is 5.95 Å². The van der Waals surface area contributed by atoms with Crippen LogP contribution >= 0.6 is 12.4 Å². The van der Waals surface area contributed by atoms with Crippen LogP contribution in [0.4, 0.5) is 5.95 Å². The summed E-state index contributed by atoms with van der Waals surface area (Å²) in [4.78, 5) is 15.3. The van der Waals surface area contributed by atoms with Crippen molar-refractivity contribution in [2.75, 3.05) is 26.3 Å². The Morgan fingerprint density at radius 2 is 2.00 bits per heavy atom. The van der Waals surface area contributed by atoms with E-state index in [1.807, 2.05) is 0 Å². The smallest absolute Gasteiger partial charge is 0.395 e. The molecule has 1 aromatic rings. The quantitative estimate of drug-likeness (QED) is 0.324. The number of rotatable bonds is 8. The van der Waals surface area contributed by atoms with Crippen LogP contribution in [0.2, 0.25) is 0 Å². The average molecular weight is 311 g/mol. The third kappa shape index (κ3) is 5.02. The van der Waals surface area contributed by atoms with Crippen molar-refractivity contribution >= 4 is 18.4 Å². The van der Waals surface area contributed by atoms with Crippen LogP contribution in [0.1, 0.15) is 5.69 Å². The number of aliphatic hydroxyl groups is 3. The second-order valence-corrected chi connectivity index (χ2v) is 4.06. The first-order valence-corrected chi connectivity index (χ1v) is 5.81. The van der Waals surface area contributed by atoms with Crippen molar-refractivity contribution in [3.05, 3.63) is 22.0 Å². The molecule has 0 aromatic carbocycles. The molecule has 9 nitrogen and oxygen atoms in total.